The van der Waals surface area contributed by atoms with Crippen LogP contribution in [0.25, 0.3) is 11.0 Å². The van der Waals surface area contributed by atoms with E-state index in [4.69, 9.17) is 0 Å². The Morgan fingerprint density at radius 1 is 1.00 bits per heavy atom. The average Bonchev–Trinajstić information content (AvgIpc) is 3.09. The summed E-state index contributed by atoms with van der Waals surface area (Å²) in [5.74, 6) is 0.616. The van der Waals surface area contributed by atoms with Crippen LogP contribution in [0.2, 0.25) is 0 Å². The van der Waals surface area contributed by atoms with Crippen molar-refractivity contribution in [3.8, 4) is 0 Å². The van der Waals surface area contributed by atoms with Gasteiger partial charge in [-0.05, 0) is 69.2 Å². The largest absolute Gasteiger partial charge is 0.367 e. The van der Waals surface area contributed by atoms with Crippen LogP contribution in [0.4, 0.5) is 17.1 Å². The van der Waals surface area contributed by atoms with Gasteiger partial charge in [-0.2, -0.15) is 0 Å². The zero-order chi connectivity index (χ0) is 21.2. The van der Waals surface area contributed by atoms with E-state index >= 15 is 0 Å². The summed E-state index contributed by atoms with van der Waals surface area (Å²) in [5.41, 5.74) is 5.33. The van der Waals surface area contributed by atoms with Gasteiger partial charge in [-0.25, -0.2) is 4.79 Å². The Morgan fingerprint density at radius 2 is 1.77 bits per heavy atom. The Morgan fingerprint density at radius 3 is 2.55 bits per heavy atom. The molecule has 31 heavy (non-hydrogen) atoms. The molecule has 2 heterocycles. The van der Waals surface area contributed by atoms with Gasteiger partial charge in [0.25, 0.3) is 0 Å². The number of rotatable bonds is 5. The number of fused-ring (bicyclic) bond motifs is 1. The molecule has 1 aliphatic heterocycles. The highest BCUT2D eigenvalue weighted by molar-refractivity contribution is 5.90. The molecule has 0 radical (unpaired) electrons. The molecule has 1 unspecified atom stereocenters. The third kappa shape index (κ3) is 4.23. The van der Waals surface area contributed by atoms with E-state index < -0.39 is 0 Å². The molecule has 1 saturated carbocycles. The maximum atomic E-state index is 12.9. The van der Waals surface area contributed by atoms with Crippen molar-refractivity contribution in [3.63, 3.8) is 0 Å². The molecular formula is C26H34N4O. The number of piperidine rings is 1. The van der Waals surface area contributed by atoms with Crippen molar-refractivity contribution in [2.75, 3.05) is 16.8 Å². The van der Waals surface area contributed by atoms with E-state index in [2.05, 4.69) is 46.4 Å². The molecule has 5 nitrogen and oxygen atoms in total. The van der Waals surface area contributed by atoms with Gasteiger partial charge >= 0.3 is 5.69 Å². The second-order valence-electron chi connectivity index (χ2n) is 9.46. The standard InChI is InChI=1S/C26H34N4O/c1-19-10-8-9-15-29(19)24-17-25-23(16-22(24)27-21-13-6-3-7-14-21)28-26(31)30(25)18-20-11-4-2-5-12-20/h3,6-7,13-14,16-17,19-20,27H,2,4-5,8-12,15,18H2,1H3,(H,28,31). The van der Waals surface area contributed by atoms with Crippen LogP contribution in [0.15, 0.2) is 47.3 Å². The zero-order valence-electron chi connectivity index (χ0n) is 18.6. The molecule has 1 aliphatic carbocycles. The first kappa shape index (κ1) is 20.2. The smallest absolute Gasteiger partial charge is 0.326 e. The fourth-order valence-electron chi connectivity index (χ4n) is 5.47. The number of imidazole rings is 1. The maximum absolute atomic E-state index is 12.9. The first-order valence-corrected chi connectivity index (χ1v) is 12.0. The van der Waals surface area contributed by atoms with Crippen LogP contribution in [0.1, 0.15) is 58.3 Å². The Bertz CT molecular complexity index is 1080. The van der Waals surface area contributed by atoms with Gasteiger partial charge in [0.05, 0.1) is 22.4 Å². The predicted molar refractivity (Wildman–Crippen MR) is 130 cm³/mol. The van der Waals surface area contributed by atoms with Crippen molar-refractivity contribution in [2.24, 2.45) is 5.92 Å². The van der Waals surface area contributed by atoms with E-state index in [1.54, 1.807) is 0 Å². The molecule has 0 amide bonds. The number of hydrogen-bond donors (Lipinski definition) is 2. The van der Waals surface area contributed by atoms with Gasteiger partial charge in [0.1, 0.15) is 0 Å². The lowest BCUT2D eigenvalue weighted by Gasteiger charge is -2.37. The molecule has 1 saturated heterocycles. The van der Waals surface area contributed by atoms with Gasteiger partial charge in [-0.3, -0.25) is 4.57 Å². The fraction of sp³-hybridized carbons (Fsp3) is 0.500. The van der Waals surface area contributed by atoms with Crippen LogP contribution in [0.3, 0.4) is 0 Å². The van der Waals surface area contributed by atoms with Gasteiger partial charge in [0.2, 0.25) is 0 Å². The molecule has 1 aromatic heterocycles. The van der Waals surface area contributed by atoms with Crippen molar-refractivity contribution in [1.29, 1.82) is 0 Å². The summed E-state index contributed by atoms with van der Waals surface area (Å²) >= 11 is 0. The quantitative estimate of drug-likeness (QED) is 0.532. The maximum Gasteiger partial charge on any atom is 0.326 e. The highest BCUT2D eigenvalue weighted by Gasteiger charge is 2.24. The molecule has 2 aliphatic rings. The van der Waals surface area contributed by atoms with Crippen LogP contribution in [-0.4, -0.2) is 22.1 Å². The third-order valence-electron chi connectivity index (χ3n) is 7.22. The Hall–Kier alpha value is -2.69. The Balaban J connectivity index is 1.58. The number of hydrogen-bond acceptors (Lipinski definition) is 3. The van der Waals surface area contributed by atoms with Crippen LogP contribution in [0, 0.1) is 5.92 Å². The zero-order valence-corrected chi connectivity index (χ0v) is 18.6. The molecule has 5 heteroatoms. The molecule has 0 bridgehead atoms. The topological polar surface area (TPSA) is 53.1 Å². The van der Waals surface area contributed by atoms with E-state index in [0.717, 1.165) is 35.5 Å². The van der Waals surface area contributed by atoms with Crippen molar-refractivity contribution in [1.82, 2.24) is 9.55 Å². The number of nitrogens with zero attached hydrogens (tertiary/aromatic N) is 2. The molecule has 164 valence electrons. The summed E-state index contributed by atoms with van der Waals surface area (Å²) in [7, 11) is 0. The molecule has 3 aromatic rings. The van der Waals surface area contributed by atoms with Crippen molar-refractivity contribution < 1.29 is 0 Å². The number of nitrogens with one attached hydrogen (secondary N) is 2. The van der Waals surface area contributed by atoms with Crippen molar-refractivity contribution in [3.05, 3.63) is 52.9 Å². The number of aromatic nitrogens is 2. The molecule has 1 atom stereocenters. The fourth-order valence-corrected chi connectivity index (χ4v) is 5.47. The summed E-state index contributed by atoms with van der Waals surface area (Å²) < 4.78 is 2.00. The number of para-hydroxylation sites is 1. The molecule has 2 N–H and O–H groups in total. The minimum absolute atomic E-state index is 0.0232. The van der Waals surface area contributed by atoms with Crippen LogP contribution in [0.5, 0.6) is 0 Å². The lowest BCUT2D eigenvalue weighted by atomic mass is 9.89. The molecule has 0 spiro atoms. The van der Waals surface area contributed by atoms with Gasteiger partial charge in [0, 0.05) is 24.8 Å². The average molecular weight is 419 g/mol. The SMILES string of the molecule is CC1CCCCN1c1cc2c(cc1Nc1ccccc1)[nH]c(=O)n2CC1CCCCC1. The lowest BCUT2D eigenvalue weighted by Crippen LogP contribution is -2.37. The number of benzene rings is 2. The van der Waals surface area contributed by atoms with E-state index in [1.165, 1.54) is 57.1 Å². The minimum Gasteiger partial charge on any atom is -0.367 e. The monoisotopic (exact) mass is 418 g/mol. The summed E-state index contributed by atoms with van der Waals surface area (Å²) in [4.78, 5) is 18.6. The van der Waals surface area contributed by atoms with Gasteiger partial charge in [-0.15, -0.1) is 0 Å². The van der Waals surface area contributed by atoms with E-state index in [9.17, 15) is 4.79 Å². The van der Waals surface area contributed by atoms with Crippen LogP contribution < -0.4 is 15.9 Å². The number of aromatic amines is 1. The van der Waals surface area contributed by atoms with Crippen LogP contribution >= 0.6 is 0 Å². The van der Waals surface area contributed by atoms with Crippen LogP contribution in [-0.2, 0) is 6.54 Å². The first-order valence-electron chi connectivity index (χ1n) is 12.0. The molecule has 5 rings (SSSR count). The molecular weight excluding hydrogens is 384 g/mol. The normalized spacial score (nSPS) is 20.3. The Kier molecular flexibility index (Phi) is 5.75. The third-order valence-corrected chi connectivity index (χ3v) is 7.22. The van der Waals surface area contributed by atoms with E-state index in [1.807, 2.05) is 22.8 Å². The van der Waals surface area contributed by atoms with Gasteiger partial charge in [0.15, 0.2) is 0 Å². The Labute approximate surface area is 184 Å². The van der Waals surface area contributed by atoms with E-state index in [0.29, 0.717) is 12.0 Å². The summed E-state index contributed by atoms with van der Waals surface area (Å²) in [6.07, 6.45) is 10.1. The van der Waals surface area contributed by atoms with Gasteiger partial charge in [-0.1, -0.05) is 37.5 Å². The highest BCUT2D eigenvalue weighted by Crippen LogP contribution is 2.36. The first-order chi connectivity index (χ1) is 15.2. The molecule has 2 aromatic carbocycles. The molecule has 2 fully saturated rings. The highest BCUT2D eigenvalue weighted by atomic mass is 16.1. The number of H-pyrrole nitrogens is 1. The number of anilines is 3. The second-order valence-corrected chi connectivity index (χ2v) is 9.46. The van der Waals surface area contributed by atoms with Crippen molar-refractivity contribution in [2.45, 2.75) is 70.9 Å². The lowest BCUT2D eigenvalue weighted by molar-refractivity contribution is 0.319. The summed E-state index contributed by atoms with van der Waals surface area (Å²) in [6, 6.07) is 15.2. The van der Waals surface area contributed by atoms with Gasteiger partial charge < -0.3 is 15.2 Å². The van der Waals surface area contributed by atoms with Crippen molar-refractivity contribution >= 4 is 28.1 Å². The second kappa shape index (κ2) is 8.81. The minimum atomic E-state index is 0.0232. The van der Waals surface area contributed by atoms with E-state index in [-0.39, 0.29) is 5.69 Å². The summed E-state index contributed by atoms with van der Waals surface area (Å²) in [5, 5.41) is 3.62. The summed E-state index contributed by atoms with van der Waals surface area (Å²) in [6.45, 7) is 4.22. The predicted octanol–water partition coefficient (Wildman–Crippen LogP) is 6.03.